The summed E-state index contributed by atoms with van der Waals surface area (Å²) < 4.78 is 6.34. The highest BCUT2D eigenvalue weighted by Crippen LogP contribution is 2.21. The molecule has 1 aliphatic heterocycles. The largest absolute Gasteiger partial charge is 0.468 e. The number of hydrogen-bond donors (Lipinski definition) is 1. The molecule has 1 fully saturated rings. The summed E-state index contributed by atoms with van der Waals surface area (Å²) in [5.74, 6) is 1.24. The summed E-state index contributed by atoms with van der Waals surface area (Å²) in [6.07, 6.45) is 2.11. The van der Waals surface area contributed by atoms with Crippen molar-refractivity contribution >= 4 is 17.9 Å². The number of imidazole rings is 1. The fraction of sp³-hybridized carbons (Fsp3) is 0.529. The molecule has 0 aromatic carbocycles. The van der Waals surface area contributed by atoms with E-state index in [1.165, 1.54) is 5.82 Å². The second-order valence-corrected chi connectivity index (χ2v) is 6.28. The van der Waals surface area contributed by atoms with E-state index >= 15 is 0 Å². The van der Waals surface area contributed by atoms with Crippen LogP contribution in [-0.2, 0) is 9.53 Å². The number of hydrogen-bond acceptors (Lipinski definition) is 5. The molecule has 126 valence electrons. The van der Waals surface area contributed by atoms with Crippen LogP contribution in [0.2, 0.25) is 0 Å². The van der Waals surface area contributed by atoms with E-state index in [0.717, 1.165) is 31.0 Å². The predicted molar refractivity (Wildman–Crippen MR) is 91.9 cm³/mol. The van der Waals surface area contributed by atoms with Crippen molar-refractivity contribution in [1.82, 2.24) is 14.7 Å². The Morgan fingerprint density at radius 3 is 2.83 bits per heavy atom. The minimum atomic E-state index is 0.163. The molecule has 0 saturated carbocycles. The predicted octanol–water partition coefficient (Wildman–Crippen LogP) is 2.01. The quantitative estimate of drug-likeness (QED) is 0.877. The van der Waals surface area contributed by atoms with Gasteiger partial charge in [0.25, 0.3) is 6.47 Å². The number of carbonyl (C=O) groups excluding carboxylic acids is 1. The molecule has 0 aliphatic carbocycles. The van der Waals surface area contributed by atoms with Crippen molar-refractivity contribution in [1.29, 1.82) is 0 Å². The van der Waals surface area contributed by atoms with E-state index in [4.69, 9.17) is 0 Å². The van der Waals surface area contributed by atoms with Gasteiger partial charge in [0.2, 0.25) is 0 Å². The van der Waals surface area contributed by atoms with Crippen LogP contribution in [0.3, 0.4) is 0 Å². The van der Waals surface area contributed by atoms with Gasteiger partial charge in [-0.15, -0.1) is 0 Å². The lowest BCUT2D eigenvalue weighted by Crippen LogP contribution is -2.57. The van der Waals surface area contributed by atoms with Crippen molar-refractivity contribution in [2.45, 2.75) is 33.2 Å². The zero-order chi connectivity index (χ0) is 16.9. The Balaban J connectivity index is 0.000000338. The summed E-state index contributed by atoms with van der Waals surface area (Å²) in [6, 6.07) is 6.32. The summed E-state index contributed by atoms with van der Waals surface area (Å²) in [6.45, 7) is 12.3. The first-order valence-electron chi connectivity index (χ1n) is 7.97. The topological polar surface area (TPSA) is 58.9 Å². The Morgan fingerprint density at radius 2 is 2.22 bits per heavy atom. The fourth-order valence-electron chi connectivity index (χ4n) is 2.78. The van der Waals surface area contributed by atoms with Crippen LogP contribution in [-0.4, -0.2) is 47.6 Å². The van der Waals surface area contributed by atoms with E-state index in [1.807, 2.05) is 6.92 Å². The van der Waals surface area contributed by atoms with E-state index in [1.54, 1.807) is 6.92 Å². The second-order valence-electron chi connectivity index (χ2n) is 6.28. The van der Waals surface area contributed by atoms with E-state index in [9.17, 15) is 4.79 Å². The van der Waals surface area contributed by atoms with Gasteiger partial charge in [0.05, 0.1) is 12.3 Å². The molecule has 0 spiro atoms. The van der Waals surface area contributed by atoms with Crippen LogP contribution in [0.4, 0.5) is 5.82 Å². The maximum atomic E-state index is 9.18. The minimum Gasteiger partial charge on any atom is -0.468 e. The Kier molecular flexibility index (Phi) is 5.60. The Hall–Kier alpha value is -2.08. The van der Waals surface area contributed by atoms with Crippen LogP contribution in [0.5, 0.6) is 0 Å². The number of anilines is 1. The lowest BCUT2D eigenvalue weighted by Gasteiger charge is -2.40. The highest BCUT2D eigenvalue weighted by Gasteiger charge is 2.26. The molecule has 2 aromatic rings. The zero-order valence-corrected chi connectivity index (χ0v) is 14.4. The van der Waals surface area contributed by atoms with E-state index in [-0.39, 0.29) is 5.54 Å². The number of rotatable bonds is 3. The third kappa shape index (κ3) is 4.45. The van der Waals surface area contributed by atoms with Crippen LogP contribution in [0, 0.1) is 6.92 Å². The molecule has 0 amide bonds. The molecule has 23 heavy (non-hydrogen) atoms. The zero-order valence-electron chi connectivity index (χ0n) is 14.4. The smallest absolute Gasteiger partial charge is 0.293 e. The van der Waals surface area contributed by atoms with Gasteiger partial charge < -0.3 is 15.0 Å². The van der Waals surface area contributed by atoms with Crippen LogP contribution in [0.15, 0.2) is 24.4 Å². The van der Waals surface area contributed by atoms with Crippen molar-refractivity contribution in [3.8, 4) is 0 Å². The molecule has 3 rings (SSSR count). The number of piperazine rings is 1. The van der Waals surface area contributed by atoms with Gasteiger partial charge in [-0.2, -0.15) is 0 Å². The van der Waals surface area contributed by atoms with Gasteiger partial charge >= 0.3 is 0 Å². The van der Waals surface area contributed by atoms with Gasteiger partial charge in [0.1, 0.15) is 11.5 Å². The van der Waals surface area contributed by atoms with Gasteiger partial charge in [0, 0.05) is 31.4 Å². The minimum absolute atomic E-state index is 0.163. The highest BCUT2D eigenvalue weighted by atomic mass is 16.5. The third-order valence-electron chi connectivity index (χ3n) is 3.72. The van der Waals surface area contributed by atoms with Gasteiger partial charge in [0.15, 0.2) is 0 Å². The first-order chi connectivity index (χ1) is 11.0. The van der Waals surface area contributed by atoms with E-state index < -0.39 is 0 Å². The second kappa shape index (κ2) is 7.46. The number of fused-ring (bicyclic) bond motifs is 1. The standard InChI is InChI=1S/C14H20N4.C3H6O2/c1-11-9-18-12(16-11)5-4-6-13(18)17-8-7-15-14(2,3)10-17;1-2-5-3-4/h4-6,9,15H,7-8,10H2,1-3H3;3H,2H2,1H3. The Bertz CT molecular complexity index is 651. The van der Waals surface area contributed by atoms with Crippen molar-refractivity contribution in [3.05, 3.63) is 30.1 Å². The molecule has 1 saturated heterocycles. The number of ether oxygens (including phenoxy) is 1. The monoisotopic (exact) mass is 318 g/mol. The lowest BCUT2D eigenvalue weighted by atomic mass is 10.0. The van der Waals surface area contributed by atoms with Gasteiger partial charge in [-0.25, -0.2) is 4.98 Å². The molecular weight excluding hydrogens is 292 g/mol. The van der Waals surface area contributed by atoms with Gasteiger partial charge in [-0.05, 0) is 39.8 Å². The van der Waals surface area contributed by atoms with E-state index in [0.29, 0.717) is 13.1 Å². The summed E-state index contributed by atoms with van der Waals surface area (Å²) >= 11 is 0. The molecule has 6 nitrogen and oxygen atoms in total. The summed E-state index contributed by atoms with van der Waals surface area (Å²) in [4.78, 5) is 16.1. The first kappa shape index (κ1) is 17.3. The number of nitrogens with one attached hydrogen (secondary N) is 1. The molecule has 3 heterocycles. The molecule has 1 N–H and O–H groups in total. The first-order valence-corrected chi connectivity index (χ1v) is 7.97. The average Bonchev–Trinajstić information content (AvgIpc) is 2.87. The summed E-state index contributed by atoms with van der Waals surface area (Å²) in [5, 5.41) is 3.54. The maximum absolute atomic E-state index is 9.18. The normalized spacial score (nSPS) is 16.6. The molecule has 6 heteroatoms. The van der Waals surface area contributed by atoms with E-state index in [2.05, 4.69) is 62.6 Å². The third-order valence-corrected chi connectivity index (χ3v) is 3.72. The van der Waals surface area contributed by atoms with Crippen molar-refractivity contribution in [2.24, 2.45) is 0 Å². The summed E-state index contributed by atoms with van der Waals surface area (Å²) in [5.41, 5.74) is 2.26. The molecule has 0 atom stereocenters. The van der Waals surface area contributed by atoms with Crippen molar-refractivity contribution in [2.75, 3.05) is 31.1 Å². The number of aromatic nitrogens is 2. The SMILES string of the molecule is CCOC=O.Cc1cn2c(N3CCNC(C)(C)C3)cccc2n1. The Morgan fingerprint density at radius 1 is 1.43 bits per heavy atom. The molecular formula is C17H26N4O2. The average molecular weight is 318 g/mol. The van der Waals surface area contributed by atoms with Crippen molar-refractivity contribution < 1.29 is 9.53 Å². The van der Waals surface area contributed by atoms with Gasteiger partial charge in [-0.3, -0.25) is 9.20 Å². The number of nitrogens with zero attached hydrogens (tertiary/aromatic N) is 3. The lowest BCUT2D eigenvalue weighted by molar-refractivity contribution is -0.128. The fourth-order valence-corrected chi connectivity index (χ4v) is 2.78. The van der Waals surface area contributed by atoms with Crippen LogP contribution in [0.1, 0.15) is 26.5 Å². The van der Waals surface area contributed by atoms with Crippen LogP contribution < -0.4 is 10.2 Å². The molecule has 0 bridgehead atoms. The maximum Gasteiger partial charge on any atom is 0.293 e. The highest BCUT2D eigenvalue weighted by molar-refractivity contribution is 5.53. The number of aryl methyl sites for hydroxylation is 1. The molecule has 0 unspecified atom stereocenters. The molecule has 2 aromatic heterocycles. The molecule has 1 aliphatic rings. The number of carbonyl (C=O) groups is 1. The Labute approximate surface area is 137 Å². The van der Waals surface area contributed by atoms with Gasteiger partial charge in [-0.1, -0.05) is 6.07 Å². The summed E-state index contributed by atoms with van der Waals surface area (Å²) in [7, 11) is 0. The number of pyridine rings is 1. The van der Waals surface area contributed by atoms with Crippen LogP contribution in [0.25, 0.3) is 5.65 Å². The molecule has 0 radical (unpaired) electrons. The van der Waals surface area contributed by atoms with Crippen LogP contribution >= 0.6 is 0 Å². The van der Waals surface area contributed by atoms with Crippen molar-refractivity contribution in [3.63, 3.8) is 0 Å².